The molecule has 3 aromatic rings. The molecule has 0 unspecified atom stereocenters. The predicted octanol–water partition coefficient (Wildman–Crippen LogP) is 2.15. The van der Waals surface area contributed by atoms with Crippen LogP contribution in [0.4, 0.5) is 17.6 Å². The SMILES string of the molecule is Nc1nc(Nc2ccc(Br)cc2)nc(-n2cccn2)n1. The molecule has 0 bridgehead atoms. The molecule has 3 N–H and O–H groups in total. The third-order valence-electron chi connectivity index (χ3n) is 2.45. The largest absolute Gasteiger partial charge is 0.368 e. The van der Waals surface area contributed by atoms with Crippen LogP contribution in [-0.2, 0) is 0 Å². The minimum atomic E-state index is 0.130. The lowest BCUT2D eigenvalue weighted by atomic mass is 10.3. The Morgan fingerprint density at radius 2 is 1.90 bits per heavy atom. The molecule has 8 heteroatoms. The van der Waals surface area contributed by atoms with Crippen LogP contribution >= 0.6 is 15.9 Å². The van der Waals surface area contributed by atoms with E-state index in [4.69, 9.17) is 5.73 Å². The maximum absolute atomic E-state index is 5.69. The predicted molar refractivity (Wildman–Crippen MR) is 78.8 cm³/mol. The van der Waals surface area contributed by atoms with Crippen molar-refractivity contribution >= 4 is 33.5 Å². The smallest absolute Gasteiger partial charge is 0.257 e. The first-order valence-electron chi connectivity index (χ1n) is 5.75. The van der Waals surface area contributed by atoms with Crippen LogP contribution in [0.5, 0.6) is 0 Å². The van der Waals surface area contributed by atoms with Gasteiger partial charge in [0, 0.05) is 22.6 Å². The lowest BCUT2D eigenvalue weighted by Crippen LogP contribution is -2.09. The summed E-state index contributed by atoms with van der Waals surface area (Å²) in [6.45, 7) is 0. The van der Waals surface area contributed by atoms with E-state index in [0.717, 1.165) is 10.2 Å². The molecule has 0 spiro atoms. The molecule has 100 valence electrons. The van der Waals surface area contributed by atoms with Crippen molar-refractivity contribution in [2.75, 3.05) is 11.1 Å². The topological polar surface area (TPSA) is 94.5 Å². The first-order chi connectivity index (χ1) is 9.70. The third kappa shape index (κ3) is 2.75. The first-order valence-corrected chi connectivity index (χ1v) is 6.54. The van der Waals surface area contributed by atoms with Crippen molar-refractivity contribution in [2.24, 2.45) is 0 Å². The number of aromatic nitrogens is 5. The average molecular weight is 332 g/mol. The summed E-state index contributed by atoms with van der Waals surface area (Å²) in [7, 11) is 0. The summed E-state index contributed by atoms with van der Waals surface area (Å²) in [5.41, 5.74) is 6.54. The van der Waals surface area contributed by atoms with E-state index in [-0.39, 0.29) is 5.95 Å². The van der Waals surface area contributed by atoms with E-state index in [1.807, 2.05) is 24.3 Å². The van der Waals surface area contributed by atoms with Gasteiger partial charge in [0.15, 0.2) is 0 Å². The highest BCUT2D eigenvalue weighted by atomic mass is 79.9. The lowest BCUT2D eigenvalue weighted by Gasteiger charge is -2.07. The molecule has 0 saturated carbocycles. The molecule has 0 radical (unpaired) electrons. The number of halogens is 1. The molecular formula is C12H10BrN7. The van der Waals surface area contributed by atoms with Gasteiger partial charge in [-0.05, 0) is 30.3 Å². The van der Waals surface area contributed by atoms with Crippen LogP contribution < -0.4 is 11.1 Å². The van der Waals surface area contributed by atoms with E-state index in [1.165, 1.54) is 4.68 Å². The zero-order chi connectivity index (χ0) is 13.9. The third-order valence-corrected chi connectivity index (χ3v) is 2.98. The normalized spacial score (nSPS) is 10.4. The lowest BCUT2D eigenvalue weighted by molar-refractivity contribution is 0.801. The van der Waals surface area contributed by atoms with E-state index < -0.39 is 0 Å². The number of nitrogens with zero attached hydrogens (tertiary/aromatic N) is 5. The summed E-state index contributed by atoms with van der Waals surface area (Å²) >= 11 is 3.38. The van der Waals surface area contributed by atoms with E-state index in [1.54, 1.807) is 18.5 Å². The fourth-order valence-corrected chi connectivity index (χ4v) is 1.85. The number of nitrogen functional groups attached to an aromatic ring is 1. The van der Waals surface area contributed by atoms with Crippen molar-refractivity contribution in [3.8, 4) is 5.95 Å². The second kappa shape index (κ2) is 5.25. The van der Waals surface area contributed by atoms with Gasteiger partial charge in [-0.15, -0.1) is 0 Å². The van der Waals surface area contributed by atoms with E-state index in [0.29, 0.717) is 11.9 Å². The molecular weight excluding hydrogens is 322 g/mol. The number of nitrogens with one attached hydrogen (secondary N) is 1. The van der Waals surface area contributed by atoms with Crippen LogP contribution in [0, 0.1) is 0 Å². The van der Waals surface area contributed by atoms with Crippen molar-refractivity contribution in [3.05, 3.63) is 47.2 Å². The fraction of sp³-hybridized carbons (Fsp3) is 0. The Labute approximate surface area is 123 Å². The highest BCUT2D eigenvalue weighted by molar-refractivity contribution is 9.10. The molecule has 7 nitrogen and oxygen atoms in total. The Kier molecular flexibility index (Phi) is 3.30. The van der Waals surface area contributed by atoms with Gasteiger partial charge in [-0.3, -0.25) is 0 Å². The van der Waals surface area contributed by atoms with E-state index in [2.05, 4.69) is 41.3 Å². The molecule has 1 aromatic carbocycles. The van der Waals surface area contributed by atoms with Crippen LogP contribution in [0.15, 0.2) is 47.2 Å². The molecule has 2 heterocycles. The van der Waals surface area contributed by atoms with Crippen LogP contribution in [0.3, 0.4) is 0 Å². The Morgan fingerprint density at radius 1 is 1.10 bits per heavy atom. The summed E-state index contributed by atoms with van der Waals surface area (Å²) in [6, 6.07) is 9.42. The number of anilines is 3. The molecule has 0 aliphatic carbocycles. The van der Waals surface area contributed by atoms with Crippen molar-refractivity contribution < 1.29 is 0 Å². The molecule has 0 aliphatic heterocycles. The summed E-state index contributed by atoms with van der Waals surface area (Å²) in [5, 5.41) is 7.13. The van der Waals surface area contributed by atoms with Crippen LogP contribution in [0.25, 0.3) is 5.95 Å². The fourth-order valence-electron chi connectivity index (χ4n) is 1.59. The monoisotopic (exact) mass is 331 g/mol. The highest BCUT2D eigenvalue weighted by Gasteiger charge is 2.06. The number of hydrogen-bond donors (Lipinski definition) is 2. The van der Waals surface area contributed by atoms with Gasteiger partial charge in [0.2, 0.25) is 11.9 Å². The maximum Gasteiger partial charge on any atom is 0.257 e. The second-order valence-corrected chi connectivity index (χ2v) is 4.82. The van der Waals surface area contributed by atoms with Gasteiger partial charge in [0.1, 0.15) is 0 Å². The van der Waals surface area contributed by atoms with Crippen molar-refractivity contribution in [3.63, 3.8) is 0 Å². The quantitative estimate of drug-likeness (QED) is 0.763. The second-order valence-electron chi connectivity index (χ2n) is 3.90. The van der Waals surface area contributed by atoms with Gasteiger partial charge < -0.3 is 11.1 Å². The number of benzene rings is 1. The first kappa shape index (κ1) is 12.5. The van der Waals surface area contributed by atoms with Gasteiger partial charge >= 0.3 is 0 Å². The highest BCUT2D eigenvalue weighted by Crippen LogP contribution is 2.17. The maximum atomic E-state index is 5.69. The summed E-state index contributed by atoms with van der Waals surface area (Å²) < 4.78 is 2.51. The molecule has 2 aromatic heterocycles. The van der Waals surface area contributed by atoms with Gasteiger partial charge in [-0.2, -0.15) is 20.1 Å². The van der Waals surface area contributed by atoms with Crippen LogP contribution in [0.2, 0.25) is 0 Å². The van der Waals surface area contributed by atoms with Crippen molar-refractivity contribution in [1.29, 1.82) is 0 Å². The molecule has 0 amide bonds. The van der Waals surface area contributed by atoms with Crippen molar-refractivity contribution in [1.82, 2.24) is 24.7 Å². The Hall–Kier alpha value is -2.48. The number of rotatable bonds is 3. The standard InChI is InChI=1S/C12H10BrN7/c13-8-2-4-9(5-3-8)16-11-17-10(14)18-12(19-11)20-7-1-6-15-20/h1-7H,(H3,14,16,17,18,19). The van der Waals surface area contributed by atoms with Gasteiger partial charge in [-0.1, -0.05) is 15.9 Å². The number of hydrogen-bond acceptors (Lipinski definition) is 6. The summed E-state index contributed by atoms with van der Waals surface area (Å²) in [5.74, 6) is 0.859. The van der Waals surface area contributed by atoms with Gasteiger partial charge in [0.05, 0.1) is 0 Å². The molecule has 0 saturated heterocycles. The van der Waals surface area contributed by atoms with Crippen molar-refractivity contribution in [2.45, 2.75) is 0 Å². The minimum Gasteiger partial charge on any atom is -0.368 e. The molecule has 0 atom stereocenters. The van der Waals surface area contributed by atoms with E-state index >= 15 is 0 Å². The molecule has 0 fully saturated rings. The van der Waals surface area contributed by atoms with Gasteiger partial charge in [-0.25, -0.2) is 4.68 Å². The summed E-state index contributed by atoms with van der Waals surface area (Å²) in [6.07, 6.45) is 3.37. The van der Waals surface area contributed by atoms with E-state index in [9.17, 15) is 0 Å². The molecule has 0 aliphatic rings. The zero-order valence-electron chi connectivity index (χ0n) is 10.2. The molecule has 3 rings (SSSR count). The van der Waals surface area contributed by atoms with Gasteiger partial charge in [0.25, 0.3) is 5.95 Å². The Balaban J connectivity index is 1.92. The minimum absolute atomic E-state index is 0.130. The Morgan fingerprint density at radius 3 is 2.60 bits per heavy atom. The number of nitrogens with two attached hydrogens (primary N) is 1. The zero-order valence-corrected chi connectivity index (χ0v) is 11.8. The summed E-state index contributed by atoms with van der Waals surface area (Å²) in [4.78, 5) is 12.4. The van der Waals surface area contributed by atoms with Crippen LogP contribution in [0.1, 0.15) is 0 Å². The Bertz CT molecular complexity index is 709. The average Bonchev–Trinajstić information content (AvgIpc) is 2.95. The van der Waals surface area contributed by atoms with Crippen LogP contribution in [-0.4, -0.2) is 24.7 Å². The molecule has 20 heavy (non-hydrogen) atoms.